The Kier molecular flexibility index (Phi) is 6.34. The molecular formula is C43H35N. The Hall–Kier alpha value is -5.14. The van der Waals surface area contributed by atoms with Gasteiger partial charge in [0.2, 0.25) is 0 Å². The van der Waals surface area contributed by atoms with E-state index in [9.17, 15) is 0 Å². The van der Waals surface area contributed by atoms with E-state index in [1.807, 2.05) is 0 Å². The van der Waals surface area contributed by atoms with Gasteiger partial charge >= 0.3 is 0 Å². The summed E-state index contributed by atoms with van der Waals surface area (Å²) in [7, 11) is 0. The van der Waals surface area contributed by atoms with Gasteiger partial charge in [0, 0.05) is 22.5 Å². The van der Waals surface area contributed by atoms with Gasteiger partial charge in [0.15, 0.2) is 0 Å². The molecule has 8 rings (SSSR count). The number of rotatable bonds is 6. The lowest BCUT2D eigenvalue weighted by Crippen LogP contribution is -2.23. The molecule has 212 valence electrons. The van der Waals surface area contributed by atoms with Crippen LogP contribution in [0.15, 0.2) is 152 Å². The average molecular weight is 566 g/mol. The molecule has 0 amide bonds. The molecule has 1 aliphatic carbocycles. The molecule has 0 unspecified atom stereocenters. The Balaban J connectivity index is 1.32. The summed E-state index contributed by atoms with van der Waals surface area (Å²) in [6.45, 7) is 4.69. The molecule has 1 nitrogen and oxygen atoms in total. The van der Waals surface area contributed by atoms with Crippen molar-refractivity contribution in [1.29, 1.82) is 0 Å². The molecule has 0 saturated carbocycles. The quantitative estimate of drug-likeness (QED) is 0.181. The van der Waals surface area contributed by atoms with Crippen molar-refractivity contribution < 1.29 is 0 Å². The van der Waals surface area contributed by atoms with Crippen LogP contribution in [0.25, 0.3) is 43.8 Å². The van der Waals surface area contributed by atoms with Gasteiger partial charge in [-0.25, -0.2) is 0 Å². The van der Waals surface area contributed by atoms with Gasteiger partial charge in [-0.15, -0.1) is 0 Å². The molecule has 0 atom stereocenters. The fourth-order valence-corrected chi connectivity index (χ4v) is 7.61. The molecule has 44 heavy (non-hydrogen) atoms. The standard InChI is InChI=1S/C43H35N/c1-3-43(4-2)41-17-11-10-16-39(41)40-27-25-36(29-42(40)43)44(34-22-20-31(21-23-34)30-12-6-5-7-13-30)35-24-26-38-33(28-35)19-18-32-14-8-9-15-37(32)38/h5-29H,3-4H2,1-2H3. The molecule has 1 heteroatoms. The van der Waals surface area contributed by atoms with Crippen LogP contribution in [0.1, 0.15) is 37.8 Å². The highest BCUT2D eigenvalue weighted by Gasteiger charge is 2.40. The molecule has 0 saturated heterocycles. The fourth-order valence-electron chi connectivity index (χ4n) is 7.61. The predicted octanol–water partition coefficient (Wildman–Crippen LogP) is 12.2. The molecule has 0 aromatic heterocycles. The van der Waals surface area contributed by atoms with Crippen LogP contribution in [0.4, 0.5) is 17.1 Å². The predicted molar refractivity (Wildman–Crippen MR) is 188 cm³/mol. The number of fused-ring (bicyclic) bond motifs is 6. The monoisotopic (exact) mass is 565 g/mol. The molecular weight excluding hydrogens is 530 g/mol. The van der Waals surface area contributed by atoms with Crippen LogP contribution in [0.5, 0.6) is 0 Å². The lowest BCUT2D eigenvalue weighted by molar-refractivity contribution is 0.490. The first-order valence-corrected chi connectivity index (χ1v) is 15.8. The Morgan fingerprint density at radius 3 is 1.84 bits per heavy atom. The number of anilines is 3. The largest absolute Gasteiger partial charge is 0.310 e. The smallest absolute Gasteiger partial charge is 0.0468 e. The minimum Gasteiger partial charge on any atom is -0.310 e. The third-order valence-electron chi connectivity index (χ3n) is 9.94. The van der Waals surface area contributed by atoms with Gasteiger partial charge in [-0.3, -0.25) is 0 Å². The van der Waals surface area contributed by atoms with Gasteiger partial charge in [-0.05, 0) is 104 Å². The fraction of sp³-hybridized carbons (Fsp3) is 0.116. The molecule has 7 aromatic carbocycles. The lowest BCUT2D eigenvalue weighted by atomic mass is 9.74. The number of benzene rings is 7. The molecule has 0 fully saturated rings. The first-order valence-electron chi connectivity index (χ1n) is 15.8. The summed E-state index contributed by atoms with van der Waals surface area (Å²) in [6.07, 6.45) is 2.15. The minimum absolute atomic E-state index is 0.0209. The van der Waals surface area contributed by atoms with E-state index < -0.39 is 0 Å². The van der Waals surface area contributed by atoms with Gasteiger partial charge in [-0.1, -0.05) is 129 Å². The Morgan fingerprint density at radius 2 is 1.02 bits per heavy atom. The maximum atomic E-state index is 2.47. The van der Waals surface area contributed by atoms with E-state index in [0.717, 1.165) is 24.2 Å². The first kappa shape index (κ1) is 26.5. The van der Waals surface area contributed by atoms with E-state index in [-0.39, 0.29) is 5.41 Å². The van der Waals surface area contributed by atoms with Crippen molar-refractivity contribution in [3.05, 3.63) is 163 Å². The summed E-state index contributed by atoms with van der Waals surface area (Å²) in [4.78, 5) is 2.43. The van der Waals surface area contributed by atoms with Crippen LogP contribution < -0.4 is 4.90 Å². The molecule has 0 N–H and O–H groups in total. The number of nitrogens with zero attached hydrogens (tertiary/aromatic N) is 1. The number of hydrogen-bond donors (Lipinski definition) is 0. The maximum absolute atomic E-state index is 2.47. The van der Waals surface area contributed by atoms with Gasteiger partial charge in [-0.2, -0.15) is 0 Å². The van der Waals surface area contributed by atoms with Crippen LogP contribution in [0.2, 0.25) is 0 Å². The zero-order valence-electron chi connectivity index (χ0n) is 25.3. The minimum atomic E-state index is 0.0209. The van der Waals surface area contributed by atoms with Crippen LogP contribution >= 0.6 is 0 Å². The topological polar surface area (TPSA) is 3.24 Å². The number of hydrogen-bond acceptors (Lipinski definition) is 1. The highest BCUT2D eigenvalue weighted by molar-refractivity contribution is 6.08. The lowest BCUT2D eigenvalue weighted by Gasteiger charge is -2.32. The molecule has 0 bridgehead atoms. The van der Waals surface area contributed by atoms with Crippen molar-refractivity contribution in [2.45, 2.75) is 32.1 Å². The highest BCUT2D eigenvalue weighted by atomic mass is 15.1. The van der Waals surface area contributed by atoms with Crippen LogP contribution in [0.3, 0.4) is 0 Å². The van der Waals surface area contributed by atoms with Crippen molar-refractivity contribution in [2.75, 3.05) is 4.90 Å². The molecule has 0 radical (unpaired) electrons. The summed E-state index contributed by atoms with van der Waals surface area (Å²) in [5, 5.41) is 5.10. The summed E-state index contributed by atoms with van der Waals surface area (Å²) in [5.74, 6) is 0. The molecule has 0 heterocycles. The third kappa shape index (κ3) is 4.07. The van der Waals surface area contributed by atoms with Crippen molar-refractivity contribution in [1.82, 2.24) is 0 Å². The molecule has 0 aliphatic heterocycles. The Bertz CT molecular complexity index is 2140. The van der Waals surface area contributed by atoms with Gasteiger partial charge < -0.3 is 4.90 Å². The van der Waals surface area contributed by atoms with Crippen molar-refractivity contribution in [2.24, 2.45) is 0 Å². The van der Waals surface area contributed by atoms with E-state index in [2.05, 4.69) is 170 Å². The van der Waals surface area contributed by atoms with E-state index in [1.54, 1.807) is 0 Å². The zero-order chi connectivity index (χ0) is 29.7. The average Bonchev–Trinajstić information content (AvgIpc) is 3.38. The summed E-state index contributed by atoms with van der Waals surface area (Å²) in [5.41, 5.74) is 11.6. The normalized spacial score (nSPS) is 13.1. The summed E-state index contributed by atoms with van der Waals surface area (Å²) < 4.78 is 0. The van der Waals surface area contributed by atoms with E-state index in [1.165, 1.54) is 60.6 Å². The highest BCUT2D eigenvalue weighted by Crippen LogP contribution is 2.54. The molecule has 7 aromatic rings. The second kappa shape index (κ2) is 10.5. The van der Waals surface area contributed by atoms with Crippen LogP contribution in [0, 0.1) is 0 Å². The van der Waals surface area contributed by atoms with E-state index in [4.69, 9.17) is 0 Å². The third-order valence-corrected chi connectivity index (χ3v) is 9.94. The Labute approximate surface area is 260 Å². The van der Waals surface area contributed by atoms with Crippen molar-refractivity contribution in [3.8, 4) is 22.3 Å². The molecule has 0 spiro atoms. The first-order chi connectivity index (χ1) is 21.7. The molecule has 1 aliphatic rings. The summed E-state index contributed by atoms with van der Waals surface area (Å²) in [6, 6.07) is 55.9. The Morgan fingerprint density at radius 1 is 0.432 bits per heavy atom. The summed E-state index contributed by atoms with van der Waals surface area (Å²) >= 11 is 0. The van der Waals surface area contributed by atoms with Crippen LogP contribution in [-0.4, -0.2) is 0 Å². The van der Waals surface area contributed by atoms with Crippen molar-refractivity contribution in [3.63, 3.8) is 0 Å². The second-order valence-corrected chi connectivity index (χ2v) is 12.0. The SMILES string of the molecule is CCC1(CC)c2ccccc2-c2ccc(N(c3ccc(-c4ccccc4)cc3)c3ccc4c(ccc5ccccc54)c3)cc21. The zero-order valence-corrected chi connectivity index (χ0v) is 25.3. The van der Waals surface area contributed by atoms with Crippen LogP contribution in [-0.2, 0) is 5.41 Å². The van der Waals surface area contributed by atoms with E-state index >= 15 is 0 Å². The van der Waals surface area contributed by atoms with Gasteiger partial charge in [0.05, 0.1) is 0 Å². The maximum Gasteiger partial charge on any atom is 0.0468 e. The second-order valence-electron chi connectivity index (χ2n) is 12.0. The van der Waals surface area contributed by atoms with Gasteiger partial charge in [0.25, 0.3) is 0 Å². The van der Waals surface area contributed by atoms with E-state index in [0.29, 0.717) is 0 Å². The van der Waals surface area contributed by atoms with Gasteiger partial charge in [0.1, 0.15) is 0 Å². The van der Waals surface area contributed by atoms with Crippen molar-refractivity contribution >= 4 is 38.6 Å².